The fraction of sp³-hybridized carbons (Fsp3) is 0.931. The van der Waals surface area contributed by atoms with E-state index in [0.29, 0.717) is 18.9 Å². The number of likely N-dealkylation sites (N-methyl/N-ethyl adjacent to an activating group) is 2. The second-order valence-corrected chi connectivity index (χ2v) is 11.0. The van der Waals surface area contributed by atoms with E-state index < -0.39 is 0 Å². The summed E-state index contributed by atoms with van der Waals surface area (Å²) in [5.41, 5.74) is 0. The zero-order valence-electron chi connectivity index (χ0n) is 26.2. The molecule has 0 unspecified atom stereocenters. The number of piperazine rings is 2. The number of methoxy groups -OCH3 is 1. The van der Waals surface area contributed by atoms with Gasteiger partial charge in [0.2, 0.25) is 11.8 Å². The van der Waals surface area contributed by atoms with Crippen LogP contribution in [0.25, 0.3) is 0 Å². The van der Waals surface area contributed by atoms with E-state index in [1.54, 1.807) is 7.11 Å². The number of amides is 2. The van der Waals surface area contributed by atoms with Crippen molar-refractivity contribution in [3.8, 4) is 0 Å². The van der Waals surface area contributed by atoms with Crippen molar-refractivity contribution in [3.05, 3.63) is 0 Å². The van der Waals surface area contributed by atoms with E-state index in [4.69, 9.17) is 4.74 Å². The van der Waals surface area contributed by atoms with Gasteiger partial charge in [0.05, 0.1) is 0 Å². The molecule has 0 radical (unpaired) electrons. The highest BCUT2D eigenvalue weighted by molar-refractivity contribution is 5.76. The number of nitrogens with zero attached hydrogens (tertiary/aromatic N) is 5. The maximum atomic E-state index is 11.9. The number of hydrogen-bond acceptors (Lipinski definition) is 8. The Hall–Kier alpha value is -1.30. The second-order valence-electron chi connectivity index (χ2n) is 11.0. The summed E-state index contributed by atoms with van der Waals surface area (Å²) < 4.78 is 4.91. The number of rotatable bonds is 12. The Kier molecular flexibility index (Phi) is 20.5. The number of piperidine rings is 1. The summed E-state index contributed by atoms with van der Waals surface area (Å²) in [6.07, 6.45) is 4.43. The van der Waals surface area contributed by atoms with Crippen LogP contribution in [0.1, 0.15) is 46.0 Å². The molecule has 0 aliphatic carbocycles. The molecule has 0 bridgehead atoms. The molecule has 0 aromatic heterocycles. The first-order valence-corrected chi connectivity index (χ1v) is 15.4. The lowest BCUT2D eigenvalue weighted by atomic mass is 9.93. The molecule has 3 aliphatic rings. The van der Waals surface area contributed by atoms with Gasteiger partial charge in [0.1, 0.15) is 0 Å². The topological polar surface area (TPSA) is 83.6 Å². The Morgan fingerprint density at radius 3 is 1.59 bits per heavy atom. The summed E-state index contributed by atoms with van der Waals surface area (Å²) >= 11 is 0. The molecule has 230 valence electrons. The fourth-order valence-electron chi connectivity index (χ4n) is 4.92. The predicted molar refractivity (Wildman–Crippen MR) is 161 cm³/mol. The number of carbonyl (C=O) groups excluding carboxylic acids is 2. The van der Waals surface area contributed by atoms with Crippen molar-refractivity contribution in [1.82, 2.24) is 35.1 Å². The van der Waals surface area contributed by atoms with Gasteiger partial charge in [0, 0.05) is 105 Å². The minimum absolute atomic E-state index is 0.135. The van der Waals surface area contributed by atoms with Crippen molar-refractivity contribution in [3.63, 3.8) is 0 Å². The highest BCUT2D eigenvalue weighted by Gasteiger charge is 2.20. The van der Waals surface area contributed by atoms with E-state index >= 15 is 0 Å². The molecule has 3 fully saturated rings. The Bertz CT molecular complexity index is 616. The maximum Gasteiger partial charge on any atom is 0.220 e. The SMILES string of the molecule is CC.CN1CCC(CC(=O)NCCN2CCN(C)CC2)CC1.COCCCC(=O)NCCN1CCN(C)CC1. The molecule has 0 spiro atoms. The zero-order valence-corrected chi connectivity index (χ0v) is 26.2. The molecule has 0 atom stereocenters. The number of nitrogens with one attached hydrogen (secondary N) is 2. The molecule has 3 aliphatic heterocycles. The Morgan fingerprint density at radius 1 is 0.692 bits per heavy atom. The van der Waals surface area contributed by atoms with Crippen LogP contribution in [0, 0.1) is 5.92 Å². The first-order valence-electron chi connectivity index (χ1n) is 15.4. The Morgan fingerprint density at radius 2 is 1.13 bits per heavy atom. The third-order valence-electron chi connectivity index (χ3n) is 7.76. The smallest absolute Gasteiger partial charge is 0.220 e. The van der Waals surface area contributed by atoms with E-state index in [1.807, 2.05) is 13.8 Å². The van der Waals surface area contributed by atoms with Gasteiger partial charge in [-0.25, -0.2) is 0 Å². The van der Waals surface area contributed by atoms with Gasteiger partial charge in [0.25, 0.3) is 0 Å². The van der Waals surface area contributed by atoms with Crippen LogP contribution in [0.4, 0.5) is 0 Å². The average molecular weight is 556 g/mol. The summed E-state index contributed by atoms with van der Waals surface area (Å²) in [7, 11) is 8.13. The minimum atomic E-state index is 0.135. The summed E-state index contributed by atoms with van der Waals surface area (Å²) in [5, 5.41) is 6.04. The molecule has 0 saturated carbocycles. The quantitative estimate of drug-likeness (QED) is 0.344. The molecule has 3 saturated heterocycles. The molecule has 3 rings (SSSR count). The van der Waals surface area contributed by atoms with Crippen molar-refractivity contribution in [2.75, 3.05) is 126 Å². The van der Waals surface area contributed by atoms with Gasteiger partial charge in [-0.15, -0.1) is 0 Å². The zero-order chi connectivity index (χ0) is 28.9. The summed E-state index contributed by atoms with van der Waals surface area (Å²) in [6.45, 7) is 19.5. The van der Waals surface area contributed by atoms with Crippen LogP contribution in [0.5, 0.6) is 0 Å². The van der Waals surface area contributed by atoms with E-state index in [9.17, 15) is 9.59 Å². The van der Waals surface area contributed by atoms with Crippen molar-refractivity contribution in [1.29, 1.82) is 0 Å². The number of hydrogen-bond donors (Lipinski definition) is 2. The van der Waals surface area contributed by atoms with Gasteiger partial charge in [-0.2, -0.15) is 0 Å². The van der Waals surface area contributed by atoms with Gasteiger partial charge in [-0.1, -0.05) is 13.8 Å². The molecular weight excluding hydrogens is 494 g/mol. The number of likely N-dealkylation sites (tertiary alicyclic amines) is 1. The van der Waals surface area contributed by atoms with Crippen LogP contribution in [0.15, 0.2) is 0 Å². The molecule has 2 amide bonds. The van der Waals surface area contributed by atoms with Crippen LogP contribution >= 0.6 is 0 Å². The number of carbonyl (C=O) groups is 2. The number of ether oxygens (including phenoxy) is 1. The van der Waals surface area contributed by atoms with Crippen molar-refractivity contribution in [2.24, 2.45) is 5.92 Å². The maximum absolute atomic E-state index is 11.9. The third kappa shape index (κ3) is 17.9. The fourth-order valence-corrected chi connectivity index (χ4v) is 4.92. The van der Waals surface area contributed by atoms with Gasteiger partial charge in [-0.05, 0) is 59.4 Å². The molecular formula is C29H61N7O3. The molecule has 0 aromatic rings. The highest BCUT2D eigenvalue weighted by atomic mass is 16.5. The van der Waals surface area contributed by atoms with E-state index in [2.05, 4.69) is 56.3 Å². The minimum Gasteiger partial charge on any atom is -0.385 e. The molecule has 10 nitrogen and oxygen atoms in total. The first kappa shape index (κ1) is 35.7. The predicted octanol–water partition coefficient (Wildman–Crippen LogP) is 0.885. The lowest BCUT2D eigenvalue weighted by Gasteiger charge is -2.32. The van der Waals surface area contributed by atoms with E-state index in [1.165, 1.54) is 12.8 Å². The van der Waals surface area contributed by atoms with Gasteiger partial charge in [0.15, 0.2) is 0 Å². The van der Waals surface area contributed by atoms with Crippen LogP contribution in [-0.2, 0) is 14.3 Å². The van der Waals surface area contributed by atoms with Crippen LogP contribution in [-0.4, -0.2) is 163 Å². The first-order chi connectivity index (χ1) is 18.9. The molecule has 3 heterocycles. The molecule has 2 N–H and O–H groups in total. The lowest BCUT2D eigenvalue weighted by Crippen LogP contribution is -2.47. The van der Waals surface area contributed by atoms with Crippen molar-refractivity contribution >= 4 is 11.8 Å². The van der Waals surface area contributed by atoms with Crippen molar-refractivity contribution in [2.45, 2.75) is 46.0 Å². The lowest BCUT2D eigenvalue weighted by molar-refractivity contribution is -0.122. The standard InChI is InChI=1S/C15H30N4O.C12H25N3O2.C2H6/c1-17-6-3-14(4-7-17)13-15(20)16-5-8-19-11-9-18(2)10-12-19;1-14-7-9-15(10-8-14)6-5-13-12(16)4-3-11-17-2;1-2/h14H,3-13H2,1-2H3,(H,16,20);3-11H2,1-2H3,(H,13,16);1-2H3. The largest absolute Gasteiger partial charge is 0.385 e. The third-order valence-corrected chi connectivity index (χ3v) is 7.76. The Balaban J connectivity index is 0.000000371. The van der Waals surface area contributed by atoms with Gasteiger partial charge in [-0.3, -0.25) is 19.4 Å². The molecule has 39 heavy (non-hydrogen) atoms. The normalized spacial score (nSPS) is 20.4. The van der Waals surface area contributed by atoms with Gasteiger partial charge >= 0.3 is 0 Å². The second kappa shape index (κ2) is 22.4. The van der Waals surface area contributed by atoms with Crippen LogP contribution in [0.3, 0.4) is 0 Å². The van der Waals surface area contributed by atoms with E-state index in [-0.39, 0.29) is 11.8 Å². The monoisotopic (exact) mass is 555 g/mol. The van der Waals surface area contributed by atoms with Gasteiger partial charge < -0.3 is 30.1 Å². The van der Waals surface area contributed by atoms with Crippen LogP contribution in [0.2, 0.25) is 0 Å². The Labute approximate surface area is 239 Å². The summed E-state index contributed by atoms with van der Waals surface area (Å²) in [6, 6.07) is 0. The molecule has 10 heteroatoms. The summed E-state index contributed by atoms with van der Waals surface area (Å²) in [5.74, 6) is 0.972. The van der Waals surface area contributed by atoms with E-state index in [0.717, 1.165) is 104 Å². The average Bonchev–Trinajstić information content (AvgIpc) is 2.94. The molecule has 0 aromatic carbocycles. The van der Waals surface area contributed by atoms with Crippen molar-refractivity contribution < 1.29 is 14.3 Å². The van der Waals surface area contributed by atoms with Crippen LogP contribution < -0.4 is 10.6 Å². The summed E-state index contributed by atoms with van der Waals surface area (Å²) in [4.78, 5) is 35.2. The highest BCUT2D eigenvalue weighted by Crippen LogP contribution is 2.19.